The molecule has 1 aromatic heterocycles. The number of amides is 1. The van der Waals surface area contributed by atoms with Crippen LogP contribution >= 0.6 is 0 Å². The number of benzene rings is 1. The van der Waals surface area contributed by atoms with E-state index in [2.05, 4.69) is 0 Å². The predicted octanol–water partition coefficient (Wildman–Crippen LogP) is 3.29. The molecule has 0 saturated heterocycles. The maximum atomic E-state index is 12.7. The average molecular weight is 303 g/mol. The van der Waals surface area contributed by atoms with Gasteiger partial charge in [0.2, 0.25) is 0 Å². The minimum absolute atomic E-state index is 0.198. The monoisotopic (exact) mass is 303 g/mol. The van der Waals surface area contributed by atoms with Crippen LogP contribution in [0, 0.1) is 20.8 Å². The molecule has 22 heavy (non-hydrogen) atoms. The van der Waals surface area contributed by atoms with Crippen LogP contribution in [0.2, 0.25) is 0 Å². The first kappa shape index (κ1) is 16.1. The summed E-state index contributed by atoms with van der Waals surface area (Å²) in [5, 5.41) is 10.2. The second-order valence-corrected chi connectivity index (χ2v) is 6.19. The molecule has 0 aliphatic heterocycles. The van der Waals surface area contributed by atoms with Crippen LogP contribution in [0.3, 0.4) is 0 Å². The van der Waals surface area contributed by atoms with Crippen LogP contribution in [0.4, 0.5) is 0 Å². The van der Waals surface area contributed by atoms with Gasteiger partial charge >= 0.3 is 5.97 Å². The first-order valence-corrected chi connectivity index (χ1v) is 7.10. The number of furan rings is 1. The number of carbonyl (C=O) groups is 2. The van der Waals surface area contributed by atoms with Crippen LogP contribution in [0.15, 0.2) is 16.5 Å². The van der Waals surface area contributed by atoms with Gasteiger partial charge in [-0.3, -0.25) is 4.79 Å². The SMILES string of the molecule is Cc1ccc(C)c2c(C)c(C(=O)N(C)C(C)(C)C(=O)O)oc12. The third-order valence-electron chi connectivity index (χ3n) is 4.34. The Morgan fingerprint density at radius 3 is 2.18 bits per heavy atom. The van der Waals surface area contributed by atoms with Gasteiger partial charge in [-0.15, -0.1) is 0 Å². The maximum Gasteiger partial charge on any atom is 0.329 e. The third-order valence-corrected chi connectivity index (χ3v) is 4.34. The lowest BCUT2D eigenvalue weighted by Gasteiger charge is -2.30. The fourth-order valence-corrected chi connectivity index (χ4v) is 2.43. The molecule has 0 aliphatic carbocycles. The summed E-state index contributed by atoms with van der Waals surface area (Å²) in [5.74, 6) is -1.30. The van der Waals surface area contributed by atoms with Crippen molar-refractivity contribution in [3.05, 3.63) is 34.6 Å². The zero-order valence-electron chi connectivity index (χ0n) is 13.8. The van der Waals surface area contributed by atoms with Crippen LogP contribution in [0.25, 0.3) is 11.0 Å². The molecule has 1 amide bonds. The Morgan fingerprint density at radius 2 is 1.68 bits per heavy atom. The second kappa shape index (κ2) is 5.16. The highest BCUT2D eigenvalue weighted by atomic mass is 16.4. The van der Waals surface area contributed by atoms with Crippen molar-refractivity contribution in [1.29, 1.82) is 0 Å². The Kier molecular flexibility index (Phi) is 3.77. The van der Waals surface area contributed by atoms with Gasteiger partial charge in [0.05, 0.1) is 0 Å². The zero-order valence-corrected chi connectivity index (χ0v) is 13.8. The van der Waals surface area contributed by atoms with E-state index >= 15 is 0 Å². The van der Waals surface area contributed by atoms with Gasteiger partial charge < -0.3 is 14.4 Å². The Bertz CT molecular complexity index is 771. The van der Waals surface area contributed by atoms with E-state index < -0.39 is 17.4 Å². The average Bonchev–Trinajstić information content (AvgIpc) is 2.80. The molecule has 1 N–H and O–H groups in total. The van der Waals surface area contributed by atoms with Crippen LogP contribution in [-0.4, -0.2) is 34.5 Å². The van der Waals surface area contributed by atoms with Crippen molar-refractivity contribution in [1.82, 2.24) is 4.90 Å². The molecule has 2 aromatic rings. The molecule has 2 rings (SSSR count). The van der Waals surface area contributed by atoms with Crippen LogP contribution in [-0.2, 0) is 4.79 Å². The van der Waals surface area contributed by atoms with Crippen molar-refractivity contribution in [3.63, 3.8) is 0 Å². The number of hydrogen-bond donors (Lipinski definition) is 1. The summed E-state index contributed by atoms with van der Waals surface area (Å²) in [6, 6.07) is 3.93. The molecule has 0 atom stereocenters. The highest BCUT2D eigenvalue weighted by Gasteiger charge is 2.37. The lowest BCUT2D eigenvalue weighted by atomic mass is 10.0. The molecule has 118 valence electrons. The van der Waals surface area contributed by atoms with Gasteiger partial charge in [0.1, 0.15) is 11.1 Å². The molecule has 0 radical (unpaired) electrons. The molecule has 0 aliphatic rings. The Labute approximate surface area is 129 Å². The number of carboxylic acid groups (broad SMARTS) is 1. The molecule has 0 saturated carbocycles. The van der Waals surface area contributed by atoms with Crippen molar-refractivity contribution in [2.75, 3.05) is 7.05 Å². The Balaban J connectivity index is 2.59. The molecular weight excluding hydrogens is 282 g/mol. The van der Waals surface area contributed by atoms with Crippen LogP contribution in [0.1, 0.15) is 41.1 Å². The Hall–Kier alpha value is -2.30. The van der Waals surface area contributed by atoms with E-state index in [9.17, 15) is 14.7 Å². The van der Waals surface area contributed by atoms with Gasteiger partial charge in [-0.25, -0.2) is 4.79 Å². The first-order valence-electron chi connectivity index (χ1n) is 7.10. The number of carbonyl (C=O) groups excluding carboxylic acids is 1. The lowest BCUT2D eigenvalue weighted by Crippen LogP contribution is -2.50. The standard InChI is InChI=1S/C17H21NO4/c1-9-7-8-10(2)13-12(9)11(3)14(22-13)15(19)18(6)17(4,5)16(20)21/h7-8H,1-6H3,(H,20,21). The maximum absolute atomic E-state index is 12.7. The zero-order chi connectivity index (χ0) is 16.8. The molecule has 1 heterocycles. The number of aryl methyl sites for hydroxylation is 3. The van der Waals surface area contributed by atoms with Gasteiger partial charge in [-0.05, 0) is 45.7 Å². The fourth-order valence-electron chi connectivity index (χ4n) is 2.43. The molecule has 5 heteroatoms. The van der Waals surface area contributed by atoms with Crippen molar-refractivity contribution < 1.29 is 19.1 Å². The van der Waals surface area contributed by atoms with Gasteiger partial charge in [-0.2, -0.15) is 0 Å². The quantitative estimate of drug-likeness (QED) is 0.944. The highest BCUT2D eigenvalue weighted by molar-refractivity contribution is 6.02. The van der Waals surface area contributed by atoms with Crippen LogP contribution in [0.5, 0.6) is 0 Å². The number of fused-ring (bicyclic) bond motifs is 1. The van der Waals surface area contributed by atoms with Crippen LogP contribution < -0.4 is 0 Å². The van der Waals surface area contributed by atoms with Crippen molar-refractivity contribution in [2.24, 2.45) is 0 Å². The van der Waals surface area contributed by atoms with Gasteiger partial charge in [-0.1, -0.05) is 12.1 Å². The fraction of sp³-hybridized carbons (Fsp3) is 0.412. The summed E-state index contributed by atoms with van der Waals surface area (Å²) in [6.45, 7) is 8.68. The summed E-state index contributed by atoms with van der Waals surface area (Å²) < 4.78 is 5.78. The molecular formula is C17H21NO4. The van der Waals surface area contributed by atoms with E-state index in [4.69, 9.17) is 4.42 Å². The van der Waals surface area contributed by atoms with E-state index in [1.54, 1.807) is 0 Å². The first-order chi connectivity index (χ1) is 10.1. The number of hydrogen-bond acceptors (Lipinski definition) is 3. The lowest BCUT2D eigenvalue weighted by molar-refractivity contribution is -0.147. The molecule has 0 bridgehead atoms. The predicted molar refractivity (Wildman–Crippen MR) is 84.2 cm³/mol. The Morgan fingerprint density at radius 1 is 1.14 bits per heavy atom. The number of nitrogens with zero attached hydrogens (tertiary/aromatic N) is 1. The molecule has 0 unspecified atom stereocenters. The van der Waals surface area contributed by atoms with Gasteiger partial charge in [0.15, 0.2) is 5.76 Å². The third kappa shape index (κ3) is 2.26. The largest absolute Gasteiger partial charge is 0.480 e. The normalized spacial score (nSPS) is 11.7. The number of rotatable bonds is 3. The molecule has 5 nitrogen and oxygen atoms in total. The van der Waals surface area contributed by atoms with E-state index in [-0.39, 0.29) is 5.76 Å². The minimum atomic E-state index is -1.31. The topological polar surface area (TPSA) is 70.8 Å². The summed E-state index contributed by atoms with van der Waals surface area (Å²) in [4.78, 5) is 25.2. The highest BCUT2D eigenvalue weighted by Crippen LogP contribution is 2.32. The van der Waals surface area contributed by atoms with E-state index in [1.165, 1.54) is 25.8 Å². The molecule has 0 spiro atoms. The van der Waals surface area contributed by atoms with E-state index in [0.29, 0.717) is 5.58 Å². The van der Waals surface area contributed by atoms with Gasteiger partial charge in [0.25, 0.3) is 5.91 Å². The van der Waals surface area contributed by atoms with E-state index in [1.807, 2.05) is 32.9 Å². The summed E-state index contributed by atoms with van der Waals surface area (Å²) in [7, 11) is 1.47. The van der Waals surface area contributed by atoms with Crippen molar-refractivity contribution >= 4 is 22.8 Å². The number of likely N-dealkylation sites (N-methyl/N-ethyl adjacent to an activating group) is 1. The second-order valence-electron chi connectivity index (χ2n) is 6.19. The van der Waals surface area contributed by atoms with Crippen molar-refractivity contribution in [3.8, 4) is 0 Å². The molecule has 1 aromatic carbocycles. The smallest absolute Gasteiger partial charge is 0.329 e. The van der Waals surface area contributed by atoms with E-state index in [0.717, 1.165) is 22.1 Å². The molecule has 0 fully saturated rings. The number of carboxylic acids is 1. The number of aliphatic carboxylic acids is 1. The van der Waals surface area contributed by atoms with Crippen molar-refractivity contribution in [2.45, 2.75) is 40.2 Å². The summed E-state index contributed by atoms with van der Waals surface area (Å²) >= 11 is 0. The summed E-state index contributed by atoms with van der Waals surface area (Å²) in [6.07, 6.45) is 0. The minimum Gasteiger partial charge on any atom is -0.480 e. The van der Waals surface area contributed by atoms with Gasteiger partial charge in [0, 0.05) is 18.0 Å². The summed E-state index contributed by atoms with van der Waals surface area (Å²) in [5.41, 5.74) is 2.09.